The lowest BCUT2D eigenvalue weighted by Gasteiger charge is -2.28. The van der Waals surface area contributed by atoms with Crippen LogP contribution in [0.25, 0.3) is 22.4 Å². The van der Waals surface area contributed by atoms with Crippen LogP contribution in [-0.2, 0) is 17.9 Å². The highest BCUT2D eigenvalue weighted by Crippen LogP contribution is 2.37. The van der Waals surface area contributed by atoms with Gasteiger partial charge in [-0.25, -0.2) is 0 Å². The molecule has 0 unspecified atom stereocenters. The van der Waals surface area contributed by atoms with Crippen LogP contribution < -0.4 is 10.1 Å². The normalized spacial score (nSPS) is 13.1. The fraction of sp³-hybridized carbons (Fsp3) is 0.312. The molecule has 0 bridgehead atoms. The van der Waals surface area contributed by atoms with E-state index < -0.39 is 0 Å². The highest BCUT2D eigenvalue weighted by molar-refractivity contribution is 6.04. The van der Waals surface area contributed by atoms with Crippen LogP contribution in [0.15, 0.2) is 73.1 Å². The molecule has 1 aliphatic rings. The lowest BCUT2D eigenvalue weighted by atomic mass is 9.98. The third-order valence-electron chi connectivity index (χ3n) is 6.96. The molecule has 0 saturated heterocycles. The second kappa shape index (κ2) is 11.7. The number of aromatic nitrogens is 3. The van der Waals surface area contributed by atoms with Gasteiger partial charge in [-0.05, 0) is 60.7 Å². The second-order valence-electron chi connectivity index (χ2n) is 10.7. The molecule has 40 heavy (non-hydrogen) atoms. The molecular formula is C32H35N5O3. The molecule has 0 radical (unpaired) electrons. The number of fused-ring (bicyclic) bond motifs is 1. The molecule has 8 nitrogen and oxygen atoms in total. The van der Waals surface area contributed by atoms with Crippen molar-refractivity contribution in [2.45, 2.75) is 52.8 Å². The number of carbonyl (C=O) groups is 2. The molecule has 206 valence electrons. The first kappa shape index (κ1) is 27.1. The van der Waals surface area contributed by atoms with Gasteiger partial charge in [-0.2, -0.15) is 5.10 Å². The van der Waals surface area contributed by atoms with E-state index >= 15 is 0 Å². The van der Waals surface area contributed by atoms with E-state index in [9.17, 15) is 9.59 Å². The van der Waals surface area contributed by atoms with Gasteiger partial charge in [0.2, 0.25) is 5.91 Å². The summed E-state index contributed by atoms with van der Waals surface area (Å²) in [4.78, 5) is 31.9. The second-order valence-corrected chi connectivity index (χ2v) is 10.7. The SMILES string of the molecule is CC(C)NC(=O)CN1CCn2nc(-c3ccncc3)c(-c3ccc(OCc4ccc(C(C)C)cc4)cc3)c2C1=O. The third-order valence-corrected chi connectivity index (χ3v) is 6.96. The van der Waals surface area contributed by atoms with Crippen LogP contribution in [0.3, 0.4) is 0 Å². The van der Waals surface area contributed by atoms with Crippen molar-refractivity contribution in [1.29, 1.82) is 0 Å². The minimum atomic E-state index is -0.210. The van der Waals surface area contributed by atoms with Crippen molar-refractivity contribution in [1.82, 2.24) is 25.0 Å². The standard InChI is InChI=1S/C32H35N5O3/c1-21(2)24-7-5-23(6-8-24)20-40-27-11-9-25(10-12-27)29-30(26-13-15-33-16-14-26)35-37-18-17-36(32(39)31(29)37)19-28(38)34-22(3)4/h5-16,21-22H,17-20H2,1-4H3,(H,34,38). The molecule has 2 aromatic heterocycles. The van der Waals surface area contributed by atoms with Crippen molar-refractivity contribution in [3.63, 3.8) is 0 Å². The smallest absolute Gasteiger partial charge is 0.273 e. The molecule has 0 atom stereocenters. The molecular weight excluding hydrogens is 502 g/mol. The average molecular weight is 538 g/mol. The highest BCUT2D eigenvalue weighted by Gasteiger charge is 2.33. The van der Waals surface area contributed by atoms with Gasteiger partial charge in [0.05, 0.1) is 13.1 Å². The van der Waals surface area contributed by atoms with Gasteiger partial charge in [0.1, 0.15) is 23.7 Å². The summed E-state index contributed by atoms with van der Waals surface area (Å²) in [6.07, 6.45) is 3.43. The Morgan fingerprint density at radius 1 is 0.925 bits per heavy atom. The number of carbonyl (C=O) groups excluding carboxylic acids is 2. The first-order valence-corrected chi connectivity index (χ1v) is 13.7. The van der Waals surface area contributed by atoms with Gasteiger partial charge in [0, 0.05) is 36.1 Å². The lowest BCUT2D eigenvalue weighted by Crippen LogP contribution is -2.47. The van der Waals surface area contributed by atoms with Gasteiger partial charge >= 0.3 is 0 Å². The number of amides is 2. The van der Waals surface area contributed by atoms with E-state index in [1.807, 2.05) is 50.2 Å². The minimum Gasteiger partial charge on any atom is -0.489 e. The van der Waals surface area contributed by atoms with Gasteiger partial charge in [0.25, 0.3) is 5.91 Å². The van der Waals surface area contributed by atoms with Crippen LogP contribution >= 0.6 is 0 Å². The van der Waals surface area contributed by atoms with E-state index in [-0.39, 0.29) is 24.4 Å². The zero-order chi connectivity index (χ0) is 28.2. The Morgan fingerprint density at radius 3 is 2.27 bits per heavy atom. The number of rotatable bonds is 9. The average Bonchev–Trinajstić information content (AvgIpc) is 3.34. The molecule has 2 amide bonds. The van der Waals surface area contributed by atoms with E-state index in [1.54, 1.807) is 22.0 Å². The topological polar surface area (TPSA) is 89.3 Å². The van der Waals surface area contributed by atoms with Crippen molar-refractivity contribution >= 4 is 11.8 Å². The summed E-state index contributed by atoms with van der Waals surface area (Å²) in [5, 5.41) is 7.71. The number of benzene rings is 2. The molecule has 5 rings (SSSR count). The Hall–Kier alpha value is -4.46. The van der Waals surface area contributed by atoms with Crippen molar-refractivity contribution < 1.29 is 14.3 Å². The number of ether oxygens (including phenoxy) is 1. The molecule has 1 aliphatic heterocycles. The molecule has 8 heteroatoms. The van der Waals surface area contributed by atoms with Crippen molar-refractivity contribution in [3.8, 4) is 28.1 Å². The summed E-state index contributed by atoms with van der Waals surface area (Å²) in [6, 6.07) is 20.0. The van der Waals surface area contributed by atoms with Gasteiger partial charge in [-0.15, -0.1) is 0 Å². The van der Waals surface area contributed by atoms with Crippen LogP contribution in [-0.4, -0.2) is 50.6 Å². The van der Waals surface area contributed by atoms with Crippen LogP contribution in [0.1, 0.15) is 55.2 Å². The largest absolute Gasteiger partial charge is 0.489 e. The molecule has 0 saturated carbocycles. The van der Waals surface area contributed by atoms with Gasteiger partial charge in [0.15, 0.2) is 0 Å². The number of pyridine rings is 1. The van der Waals surface area contributed by atoms with Gasteiger partial charge in [-0.3, -0.25) is 19.3 Å². The zero-order valence-electron chi connectivity index (χ0n) is 23.4. The molecule has 2 aromatic carbocycles. The quantitative estimate of drug-likeness (QED) is 0.313. The fourth-order valence-electron chi connectivity index (χ4n) is 4.87. The Labute approximate surface area is 235 Å². The van der Waals surface area contributed by atoms with E-state index in [2.05, 4.69) is 48.4 Å². The molecule has 0 aliphatic carbocycles. The summed E-state index contributed by atoms with van der Waals surface area (Å²) in [5.74, 6) is 0.845. The predicted octanol–water partition coefficient (Wildman–Crippen LogP) is 5.29. The maximum Gasteiger partial charge on any atom is 0.273 e. The van der Waals surface area contributed by atoms with Crippen molar-refractivity contribution in [2.75, 3.05) is 13.1 Å². The lowest BCUT2D eigenvalue weighted by molar-refractivity contribution is -0.122. The summed E-state index contributed by atoms with van der Waals surface area (Å²) in [6.45, 7) is 9.57. The summed E-state index contributed by atoms with van der Waals surface area (Å²) < 4.78 is 7.82. The third kappa shape index (κ3) is 5.91. The minimum absolute atomic E-state index is 0.00640. The summed E-state index contributed by atoms with van der Waals surface area (Å²) in [5.41, 5.74) is 6.05. The summed E-state index contributed by atoms with van der Waals surface area (Å²) in [7, 11) is 0. The summed E-state index contributed by atoms with van der Waals surface area (Å²) >= 11 is 0. The molecule has 3 heterocycles. The number of nitrogens with zero attached hydrogens (tertiary/aromatic N) is 4. The zero-order valence-corrected chi connectivity index (χ0v) is 23.4. The monoisotopic (exact) mass is 537 g/mol. The van der Waals surface area contributed by atoms with Crippen molar-refractivity contribution in [2.24, 2.45) is 0 Å². The van der Waals surface area contributed by atoms with Crippen molar-refractivity contribution in [3.05, 3.63) is 89.9 Å². The van der Waals surface area contributed by atoms with Crippen LogP contribution in [0, 0.1) is 0 Å². The Bertz CT molecular complexity index is 1480. The van der Waals surface area contributed by atoms with E-state index in [0.717, 1.165) is 28.0 Å². The van der Waals surface area contributed by atoms with Crippen LogP contribution in [0.2, 0.25) is 0 Å². The fourth-order valence-corrected chi connectivity index (χ4v) is 4.87. The maximum atomic E-state index is 13.7. The maximum absolute atomic E-state index is 13.7. The van der Waals surface area contributed by atoms with Crippen LogP contribution in [0.4, 0.5) is 0 Å². The first-order valence-electron chi connectivity index (χ1n) is 13.7. The van der Waals surface area contributed by atoms with E-state index in [4.69, 9.17) is 9.84 Å². The Balaban J connectivity index is 1.42. The molecule has 1 N–H and O–H groups in total. The molecule has 4 aromatic rings. The van der Waals surface area contributed by atoms with E-state index in [0.29, 0.717) is 37.0 Å². The van der Waals surface area contributed by atoms with Gasteiger partial charge in [-0.1, -0.05) is 50.2 Å². The number of hydrogen-bond donors (Lipinski definition) is 1. The van der Waals surface area contributed by atoms with Crippen LogP contribution in [0.5, 0.6) is 5.75 Å². The molecule has 0 fully saturated rings. The van der Waals surface area contributed by atoms with E-state index in [1.165, 1.54) is 5.56 Å². The Morgan fingerprint density at radius 2 is 1.62 bits per heavy atom. The predicted molar refractivity (Wildman–Crippen MR) is 155 cm³/mol. The van der Waals surface area contributed by atoms with Gasteiger partial charge < -0.3 is 15.0 Å². The number of nitrogens with one attached hydrogen (secondary N) is 1. The Kier molecular flexibility index (Phi) is 7.96. The number of hydrogen-bond acceptors (Lipinski definition) is 5. The molecule has 0 spiro atoms. The highest BCUT2D eigenvalue weighted by atomic mass is 16.5. The first-order chi connectivity index (χ1) is 19.3.